The van der Waals surface area contributed by atoms with Crippen LogP contribution in [0.4, 0.5) is 10.2 Å². The van der Waals surface area contributed by atoms with Crippen LogP contribution in [-0.2, 0) is 5.54 Å². The Morgan fingerprint density at radius 1 is 1.31 bits per heavy atom. The largest absolute Gasteiger partial charge is 0.491 e. The zero-order valence-electron chi connectivity index (χ0n) is 15.9. The van der Waals surface area contributed by atoms with Crippen molar-refractivity contribution in [3.8, 4) is 5.75 Å². The SMILES string of the molecule is C[C@@H]1COc2ccc(F)cc2[C@@]23C[C@@H]2CCN3c2ccc3ncc(n3n2)C(=O)N1. The van der Waals surface area contributed by atoms with Gasteiger partial charge in [-0.2, -0.15) is 0 Å². The van der Waals surface area contributed by atoms with E-state index >= 15 is 0 Å². The molecule has 4 heterocycles. The molecule has 2 bridgehead atoms. The zero-order valence-corrected chi connectivity index (χ0v) is 15.9. The molecular formula is C21H20FN5O2. The Labute approximate surface area is 166 Å². The normalized spacial score (nSPS) is 27.8. The van der Waals surface area contributed by atoms with Crippen LogP contribution in [0.5, 0.6) is 5.75 Å². The average molecular weight is 393 g/mol. The van der Waals surface area contributed by atoms with E-state index in [2.05, 4.69) is 15.2 Å². The number of piperidine rings is 1. The minimum absolute atomic E-state index is 0.234. The predicted octanol–water partition coefficient (Wildman–Crippen LogP) is 2.50. The number of amides is 1. The number of anilines is 1. The van der Waals surface area contributed by atoms with E-state index in [-0.39, 0.29) is 29.9 Å². The van der Waals surface area contributed by atoms with E-state index in [1.165, 1.54) is 6.07 Å². The summed E-state index contributed by atoms with van der Waals surface area (Å²) in [5.41, 5.74) is 1.56. The lowest BCUT2D eigenvalue weighted by molar-refractivity contribution is 0.0919. The van der Waals surface area contributed by atoms with Gasteiger partial charge in [0.05, 0.1) is 17.8 Å². The highest BCUT2D eigenvalue weighted by Gasteiger charge is 2.64. The van der Waals surface area contributed by atoms with Crippen LogP contribution in [-0.4, -0.2) is 39.7 Å². The Morgan fingerprint density at radius 3 is 3.07 bits per heavy atom. The number of nitrogens with one attached hydrogen (secondary N) is 1. The van der Waals surface area contributed by atoms with Crippen LogP contribution in [0.3, 0.4) is 0 Å². The van der Waals surface area contributed by atoms with E-state index in [0.717, 1.165) is 30.8 Å². The van der Waals surface area contributed by atoms with Gasteiger partial charge in [-0.3, -0.25) is 4.79 Å². The van der Waals surface area contributed by atoms with Gasteiger partial charge >= 0.3 is 0 Å². The van der Waals surface area contributed by atoms with Crippen LogP contribution in [0.2, 0.25) is 0 Å². The van der Waals surface area contributed by atoms with Crippen molar-refractivity contribution < 1.29 is 13.9 Å². The molecule has 1 saturated heterocycles. The van der Waals surface area contributed by atoms with Crippen molar-refractivity contribution >= 4 is 17.4 Å². The monoisotopic (exact) mass is 393 g/mol. The van der Waals surface area contributed by atoms with Gasteiger partial charge in [-0.1, -0.05) is 0 Å². The van der Waals surface area contributed by atoms with E-state index in [0.29, 0.717) is 23.0 Å². The summed E-state index contributed by atoms with van der Waals surface area (Å²) in [5, 5.41) is 7.68. The third-order valence-electron chi connectivity index (χ3n) is 6.39. The Morgan fingerprint density at radius 2 is 2.21 bits per heavy atom. The summed E-state index contributed by atoms with van der Waals surface area (Å²) in [6.45, 7) is 2.99. The summed E-state index contributed by atoms with van der Waals surface area (Å²) < 4.78 is 21.9. The lowest BCUT2D eigenvalue weighted by atomic mass is 10.0. The first-order valence-corrected chi connectivity index (χ1v) is 9.92. The van der Waals surface area contributed by atoms with Gasteiger partial charge in [0.1, 0.15) is 24.0 Å². The predicted molar refractivity (Wildman–Crippen MR) is 104 cm³/mol. The smallest absolute Gasteiger partial charge is 0.271 e. The maximum Gasteiger partial charge on any atom is 0.271 e. The van der Waals surface area contributed by atoms with Gasteiger partial charge in [-0.25, -0.2) is 13.9 Å². The molecule has 2 aliphatic heterocycles. The number of benzene rings is 1. The van der Waals surface area contributed by atoms with E-state index in [9.17, 15) is 9.18 Å². The third-order valence-corrected chi connectivity index (χ3v) is 6.39. The summed E-state index contributed by atoms with van der Waals surface area (Å²) in [6, 6.07) is 8.28. The summed E-state index contributed by atoms with van der Waals surface area (Å²) in [6.07, 6.45) is 3.50. The van der Waals surface area contributed by atoms with Crippen molar-refractivity contribution in [2.75, 3.05) is 18.1 Å². The second kappa shape index (κ2) is 5.68. The third kappa shape index (κ3) is 2.31. The highest BCUT2D eigenvalue weighted by molar-refractivity contribution is 5.93. The second-order valence-corrected chi connectivity index (χ2v) is 8.20. The first-order chi connectivity index (χ1) is 14.1. The topological polar surface area (TPSA) is 71.8 Å². The van der Waals surface area contributed by atoms with E-state index in [1.807, 2.05) is 19.1 Å². The average Bonchev–Trinajstić information content (AvgIpc) is 3.09. The lowest BCUT2D eigenvalue weighted by Gasteiger charge is -2.31. The summed E-state index contributed by atoms with van der Waals surface area (Å²) in [4.78, 5) is 19.3. The summed E-state index contributed by atoms with van der Waals surface area (Å²) in [7, 11) is 0. The minimum atomic E-state index is -0.312. The minimum Gasteiger partial charge on any atom is -0.491 e. The van der Waals surface area contributed by atoms with E-state index in [4.69, 9.17) is 9.84 Å². The second-order valence-electron chi connectivity index (χ2n) is 8.20. The van der Waals surface area contributed by atoms with Crippen molar-refractivity contribution in [2.24, 2.45) is 5.92 Å². The van der Waals surface area contributed by atoms with Gasteiger partial charge in [0.2, 0.25) is 0 Å². The standard InChI is InChI=1S/C21H20FN5O2/c1-12-11-29-17-3-2-14(22)8-15(17)21-9-13(21)6-7-26(21)19-5-4-18-23-10-16(20(28)24-12)27(18)25-19/h2-5,8,10,12-13H,6-7,9,11H2,1H3,(H,24,28)/t12-,13+,21-/m1/s1. The maximum atomic E-state index is 14.3. The number of halogens is 1. The number of hydrogen-bond acceptors (Lipinski definition) is 5. The molecule has 0 radical (unpaired) electrons. The number of rotatable bonds is 0. The lowest BCUT2D eigenvalue weighted by Crippen LogP contribution is -2.37. The molecule has 3 atom stereocenters. The number of fused-ring (bicyclic) bond motifs is 3. The highest BCUT2D eigenvalue weighted by atomic mass is 19.1. The number of carbonyl (C=O) groups excluding carboxylic acids is 1. The van der Waals surface area contributed by atoms with Gasteiger partial charge < -0.3 is 15.0 Å². The number of nitrogens with zero attached hydrogens (tertiary/aromatic N) is 4. The number of carbonyl (C=O) groups is 1. The summed E-state index contributed by atoms with van der Waals surface area (Å²) in [5.74, 6) is 1.34. The Bertz CT molecular complexity index is 1160. The molecule has 1 saturated carbocycles. The molecule has 1 N–H and O–H groups in total. The van der Waals surface area contributed by atoms with Gasteiger partial charge in [0.25, 0.3) is 5.91 Å². The Kier molecular flexibility index (Phi) is 3.29. The first-order valence-electron chi connectivity index (χ1n) is 9.92. The molecule has 29 heavy (non-hydrogen) atoms. The molecular weight excluding hydrogens is 373 g/mol. The maximum absolute atomic E-state index is 14.3. The highest BCUT2D eigenvalue weighted by Crippen LogP contribution is 2.64. The quantitative estimate of drug-likeness (QED) is 0.636. The number of aromatic nitrogens is 3. The number of hydrogen-bond donors (Lipinski definition) is 1. The van der Waals surface area contributed by atoms with Gasteiger partial charge in [-0.05, 0) is 56.0 Å². The summed E-state index contributed by atoms with van der Waals surface area (Å²) >= 11 is 0. The molecule has 8 heteroatoms. The molecule has 1 spiro atoms. The molecule has 7 nitrogen and oxygen atoms in total. The molecule has 1 amide bonds. The molecule has 148 valence electrons. The van der Waals surface area contributed by atoms with Crippen LogP contribution in [0.25, 0.3) is 5.65 Å². The van der Waals surface area contributed by atoms with Crippen molar-refractivity contribution in [1.29, 1.82) is 0 Å². The Hall–Kier alpha value is -3.16. The fourth-order valence-corrected chi connectivity index (χ4v) is 4.95. The van der Waals surface area contributed by atoms with Crippen LogP contribution in [0, 0.1) is 11.7 Å². The molecule has 3 aromatic rings. The fourth-order valence-electron chi connectivity index (χ4n) is 4.95. The van der Waals surface area contributed by atoms with Gasteiger partial charge in [0, 0.05) is 12.1 Å². The number of imidazole rings is 1. The fraction of sp³-hybridized carbons (Fsp3) is 0.381. The van der Waals surface area contributed by atoms with Crippen LogP contribution >= 0.6 is 0 Å². The van der Waals surface area contributed by atoms with E-state index in [1.54, 1.807) is 22.8 Å². The van der Waals surface area contributed by atoms with Crippen molar-refractivity contribution in [3.63, 3.8) is 0 Å². The van der Waals surface area contributed by atoms with Crippen molar-refractivity contribution in [1.82, 2.24) is 19.9 Å². The molecule has 6 rings (SSSR count). The molecule has 3 aliphatic rings. The first kappa shape index (κ1) is 16.8. The van der Waals surface area contributed by atoms with Crippen LogP contribution in [0.15, 0.2) is 36.5 Å². The van der Waals surface area contributed by atoms with Crippen molar-refractivity contribution in [3.05, 3.63) is 53.6 Å². The van der Waals surface area contributed by atoms with E-state index < -0.39 is 0 Å². The Balaban J connectivity index is 1.57. The van der Waals surface area contributed by atoms with Gasteiger partial charge in [-0.15, -0.1) is 5.10 Å². The molecule has 1 aliphatic carbocycles. The van der Waals surface area contributed by atoms with Gasteiger partial charge in [0.15, 0.2) is 11.3 Å². The molecule has 2 fully saturated rings. The number of ether oxygens (including phenoxy) is 1. The van der Waals surface area contributed by atoms with Crippen molar-refractivity contribution in [2.45, 2.75) is 31.3 Å². The molecule has 1 aromatic carbocycles. The van der Waals surface area contributed by atoms with Crippen LogP contribution in [0.1, 0.15) is 35.8 Å². The zero-order chi connectivity index (χ0) is 19.8. The molecule has 0 unspecified atom stereocenters. The van der Waals surface area contributed by atoms with Crippen LogP contribution < -0.4 is 15.0 Å². The molecule has 2 aromatic heterocycles.